The summed E-state index contributed by atoms with van der Waals surface area (Å²) in [6.07, 6.45) is -2.22. The highest BCUT2D eigenvalue weighted by Crippen LogP contribution is 2.44. The molecule has 19 heavy (non-hydrogen) atoms. The van der Waals surface area contributed by atoms with E-state index < -0.39 is 23.7 Å². The SMILES string of the molecule is CC1(C(F)(F)F)NC(=O)N(CC2(CBr)CCC2)C1=O. The van der Waals surface area contributed by atoms with E-state index in [1.807, 2.05) is 0 Å². The van der Waals surface area contributed by atoms with Gasteiger partial charge in [-0.3, -0.25) is 9.69 Å². The molecule has 0 aromatic rings. The van der Waals surface area contributed by atoms with Crippen molar-refractivity contribution in [1.82, 2.24) is 10.2 Å². The number of nitrogens with zero attached hydrogens (tertiary/aromatic N) is 1. The molecule has 1 heterocycles. The number of rotatable bonds is 3. The summed E-state index contributed by atoms with van der Waals surface area (Å²) in [6.45, 7) is 0.739. The largest absolute Gasteiger partial charge is 0.420 e. The van der Waals surface area contributed by atoms with Crippen LogP contribution in [0.2, 0.25) is 0 Å². The summed E-state index contributed by atoms with van der Waals surface area (Å²) >= 11 is 3.31. The van der Waals surface area contributed by atoms with E-state index in [-0.39, 0.29) is 12.0 Å². The van der Waals surface area contributed by atoms with Crippen molar-refractivity contribution in [2.75, 3.05) is 11.9 Å². The highest BCUT2D eigenvalue weighted by molar-refractivity contribution is 9.09. The molecular formula is C11H14BrF3N2O2. The number of alkyl halides is 4. The Morgan fingerprint density at radius 3 is 2.26 bits per heavy atom. The fourth-order valence-corrected chi connectivity index (χ4v) is 3.12. The van der Waals surface area contributed by atoms with Crippen molar-refractivity contribution in [2.45, 2.75) is 37.9 Å². The normalized spacial score (nSPS) is 30.3. The van der Waals surface area contributed by atoms with Gasteiger partial charge in [0.05, 0.1) is 0 Å². The molecule has 108 valence electrons. The van der Waals surface area contributed by atoms with Crippen LogP contribution in [0, 0.1) is 5.41 Å². The van der Waals surface area contributed by atoms with Crippen LogP contribution < -0.4 is 5.32 Å². The van der Waals surface area contributed by atoms with E-state index >= 15 is 0 Å². The first kappa shape index (κ1) is 14.6. The molecule has 1 saturated carbocycles. The van der Waals surface area contributed by atoms with E-state index in [0.717, 1.165) is 19.3 Å². The van der Waals surface area contributed by atoms with Crippen LogP contribution in [0.15, 0.2) is 0 Å². The van der Waals surface area contributed by atoms with Gasteiger partial charge in [0.15, 0.2) is 0 Å². The molecule has 2 aliphatic rings. The van der Waals surface area contributed by atoms with Crippen LogP contribution in [-0.2, 0) is 4.79 Å². The van der Waals surface area contributed by atoms with Crippen molar-refractivity contribution in [3.05, 3.63) is 0 Å². The molecule has 8 heteroatoms. The molecule has 0 spiro atoms. The van der Waals surface area contributed by atoms with Gasteiger partial charge >= 0.3 is 12.2 Å². The maximum Gasteiger partial charge on any atom is 0.420 e. The average Bonchev–Trinajstić information content (AvgIpc) is 2.46. The van der Waals surface area contributed by atoms with Gasteiger partial charge in [0.25, 0.3) is 5.91 Å². The van der Waals surface area contributed by atoms with E-state index in [2.05, 4.69) is 15.9 Å². The lowest BCUT2D eigenvalue weighted by Crippen LogP contribution is -2.56. The first-order valence-corrected chi connectivity index (χ1v) is 7.04. The summed E-state index contributed by atoms with van der Waals surface area (Å²) in [4.78, 5) is 24.3. The molecule has 1 N–H and O–H groups in total. The van der Waals surface area contributed by atoms with E-state index in [0.29, 0.717) is 17.2 Å². The molecule has 1 saturated heterocycles. The summed E-state index contributed by atoms with van der Waals surface area (Å²) in [7, 11) is 0. The average molecular weight is 343 g/mol. The third kappa shape index (κ3) is 2.13. The maximum atomic E-state index is 12.9. The Hall–Kier alpha value is -0.790. The number of carbonyl (C=O) groups excluding carboxylic acids is 2. The zero-order valence-corrected chi connectivity index (χ0v) is 11.9. The minimum atomic E-state index is -4.80. The molecular weight excluding hydrogens is 329 g/mol. The van der Waals surface area contributed by atoms with Crippen LogP contribution in [0.3, 0.4) is 0 Å². The second-order valence-corrected chi connectivity index (χ2v) is 5.99. The van der Waals surface area contributed by atoms with Crippen molar-refractivity contribution in [3.8, 4) is 0 Å². The number of imide groups is 1. The monoisotopic (exact) mass is 342 g/mol. The first-order chi connectivity index (χ1) is 8.65. The standard InChI is InChI=1S/C11H14BrF3N2O2/c1-9(11(13,14)15)7(18)17(8(19)16-9)6-10(5-12)3-2-4-10/h2-6H2,1H3,(H,16,19). The van der Waals surface area contributed by atoms with Crippen molar-refractivity contribution in [3.63, 3.8) is 0 Å². The van der Waals surface area contributed by atoms with E-state index in [9.17, 15) is 22.8 Å². The lowest BCUT2D eigenvalue weighted by molar-refractivity contribution is -0.191. The molecule has 0 bridgehead atoms. The van der Waals surface area contributed by atoms with Gasteiger partial charge in [0, 0.05) is 11.9 Å². The molecule has 1 unspecified atom stereocenters. The summed E-state index contributed by atoms with van der Waals surface area (Å²) in [6, 6.07) is -0.961. The number of urea groups is 1. The number of nitrogens with one attached hydrogen (secondary N) is 1. The summed E-state index contributed by atoms with van der Waals surface area (Å²) < 4.78 is 38.6. The number of amides is 3. The minimum absolute atomic E-state index is 0.0363. The van der Waals surface area contributed by atoms with Crippen molar-refractivity contribution in [1.29, 1.82) is 0 Å². The van der Waals surface area contributed by atoms with E-state index in [1.54, 1.807) is 5.32 Å². The molecule has 1 aliphatic heterocycles. The lowest BCUT2D eigenvalue weighted by atomic mass is 9.70. The quantitative estimate of drug-likeness (QED) is 0.632. The Morgan fingerprint density at radius 2 is 1.95 bits per heavy atom. The lowest BCUT2D eigenvalue weighted by Gasteiger charge is -2.42. The zero-order chi connectivity index (χ0) is 14.5. The number of hydrogen-bond acceptors (Lipinski definition) is 2. The van der Waals surface area contributed by atoms with Gasteiger partial charge in [-0.1, -0.05) is 22.4 Å². The van der Waals surface area contributed by atoms with Crippen LogP contribution in [0.25, 0.3) is 0 Å². The number of hydrogen-bond donors (Lipinski definition) is 1. The highest BCUT2D eigenvalue weighted by Gasteiger charge is 2.64. The van der Waals surface area contributed by atoms with Crippen LogP contribution in [-0.4, -0.2) is 40.4 Å². The predicted molar refractivity (Wildman–Crippen MR) is 64.8 cm³/mol. The smallest absolute Gasteiger partial charge is 0.316 e. The molecule has 0 aromatic heterocycles. The second kappa shape index (κ2) is 4.36. The molecule has 0 radical (unpaired) electrons. The fraction of sp³-hybridized carbons (Fsp3) is 0.818. The van der Waals surface area contributed by atoms with Crippen LogP contribution in [0.4, 0.5) is 18.0 Å². The van der Waals surface area contributed by atoms with Crippen molar-refractivity contribution >= 4 is 27.9 Å². The Kier molecular flexibility index (Phi) is 3.35. The summed E-state index contributed by atoms with van der Waals surface area (Å²) in [5.74, 6) is -1.21. The summed E-state index contributed by atoms with van der Waals surface area (Å²) in [5.41, 5.74) is -3.08. The van der Waals surface area contributed by atoms with Crippen molar-refractivity contribution in [2.24, 2.45) is 5.41 Å². The van der Waals surface area contributed by atoms with Crippen LogP contribution in [0.1, 0.15) is 26.2 Å². The van der Waals surface area contributed by atoms with Gasteiger partial charge in [-0.25, -0.2) is 4.79 Å². The summed E-state index contributed by atoms with van der Waals surface area (Å²) in [5, 5.41) is 2.33. The molecule has 1 atom stereocenters. The third-order valence-electron chi connectivity index (χ3n) is 4.03. The number of halogens is 4. The molecule has 3 amide bonds. The highest BCUT2D eigenvalue weighted by atomic mass is 79.9. The van der Waals surface area contributed by atoms with Crippen molar-refractivity contribution < 1.29 is 22.8 Å². The van der Waals surface area contributed by atoms with Gasteiger partial charge in [0.2, 0.25) is 5.54 Å². The van der Waals surface area contributed by atoms with Gasteiger partial charge in [0.1, 0.15) is 0 Å². The first-order valence-electron chi connectivity index (χ1n) is 5.92. The Morgan fingerprint density at radius 1 is 1.37 bits per heavy atom. The Balaban J connectivity index is 2.20. The molecule has 2 fully saturated rings. The molecule has 4 nitrogen and oxygen atoms in total. The van der Waals surface area contributed by atoms with Gasteiger partial charge in [-0.2, -0.15) is 13.2 Å². The topological polar surface area (TPSA) is 49.4 Å². The Bertz CT molecular complexity index is 417. The number of carbonyl (C=O) groups is 2. The van der Waals surface area contributed by atoms with Gasteiger partial charge < -0.3 is 5.32 Å². The Labute approximate surface area is 116 Å². The second-order valence-electron chi connectivity index (χ2n) is 5.43. The van der Waals surface area contributed by atoms with Crippen LogP contribution >= 0.6 is 15.9 Å². The zero-order valence-electron chi connectivity index (χ0n) is 10.3. The molecule has 1 aliphatic carbocycles. The maximum absolute atomic E-state index is 12.9. The fourth-order valence-electron chi connectivity index (χ4n) is 2.38. The molecule has 2 rings (SSSR count). The van der Waals surface area contributed by atoms with Gasteiger partial charge in [-0.15, -0.1) is 0 Å². The third-order valence-corrected chi connectivity index (χ3v) is 5.22. The van der Waals surface area contributed by atoms with E-state index in [1.165, 1.54) is 0 Å². The van der Waals surface area contributed by atoms with Crippen LogP contribution in [0.5, 0.6) is 0 Å². The minimum Gasteiger partial charge on any atom is -0.316 e. The molecule has 0 aromatic carbocycles. The van der Waals surface area contributed by atoms with E-state index in [4.69, 9.17) is 0 Å². The predicted octanol–water partition coefficient (Wildman–Crippen LogP) is 2.42. The van der Waals surface area contributed by atoms with Gasteiger partial charge in [-0.05, 0) is 25.2 Å².